The molecule has 0 bridgehead atoms. The number of thioether (sulfide) groups is 1. The maximum absolute atomic E-state index is 12.3. The van der Waals surface area contributed by atoms with Crippen LogP contribution in [-0.4, -0.2) is 31.3 Å². The van der Waals surface area contributed by atoms with Crippen molar-refractivity contribution in [3.8, 4) is 0 Å². The lowest BCUT2D eigenvalue weighted by molar-refractivity contribution is 0.102. The Bertz CT molecular complexity index is 1090. The van der Waals surface area contributed by atoms with Crippen LogP contribution < -0.4 is 0 Å². The molecule has 0 aliphatic rings. The first-order valence-electron chi connectivity index (χ1n) is 7.94. The number of carbonyl (C=O) groups excluding carboxylic acids is 1. The van der Waals surface area contributed by atoms with Crippen molar-refractivity contribution in [3.05, 3.63) is 59.7 Å². The van der Waals surface area contributed by atoms with Gasteiger partial charge >= 0.3 is 0 Å². The van der Waals surface area contributed by atoms with Gasteiger partial charge < -0.3 is 4.57 Å². The van der Waals surface area contributed by atoms with Crippen molar-refractivity contribution in [1.82, 2.24) is 19.7 Å². The minimum atomic E-state index is 0.0609. The first-order chi connectivity index (χ1) is 12.1. The van der Waals surface area contributed by atoms with Crippen molar-refractivity contribution in [1.29, 1.82) is 0 Å². The van der Waals surface area contributed by atoms with E-state index in [0.29, 0.717) is 16.5 Å². The summed E-state index contributed by atoms with van der Waals surface area (Å²) in [6, 6.07) is 15.6. The molecule has 0 unspecified atom stereocenters. The highest BCUT2D eigenvalue weighted by atomic mass is 32.2. The number of para-hydroxylation sites is 1. The summed E-state index contributed by atoms with van der Waals surface area (Å²) in [7, 11) is 1.96. The second kappa shape index (κ2) is 6.29. The molecule has 0 fully saturated rings. The number of carbonyl (C=O) groups is 1. The van der Waals surface area contributed by atoms with Crippen molar-refractivity contribution in [2.24, 2.45) is 7.05 Å². The van der Waals surface area contributed by atoms with E-state index < -0.39 is 0 Å². The molecule has 5 nitrogen and oxygen atoms in total. The Morgan fingerprint density at radius 3 is 2.64 bits per heavy atom. The minimum Gasteiger partial charge on any atom is -0.327 e. The molecule has 4 rings (SSSR count). The number of fused-ring (bicyclic) bond motifs is 3. The van der Waals surface area contributed by atoms with Gasteiger partial charge in [0.2, 0.25) is 5.16 Å². The zero-order valence-corrected chi connectivity index (χ0v) is 14.7. The maximum atomic E-state index is 12.3. The van der Waals surface area contributed by atoms with Crippen molar-refractivity contribution in [2.45, 2.75) is 12.1 Å². The molecule has 0 spiro atoms. The van der Waals surface area contributed by atoms with E-state index in [4.69, 9.17) is 0 Å². The normalized spacial score (nSPS) is 11.3. The second-order valence-corrected chi connectivity index (χ2v) is 6.86. The Balaban J connectivity index is 1.60. The van der Waals surface area contributed by atoms with Gasteiger partial charge in [0.25, 0.3) is 0 Å². The molecule has 2 aromatic carbocycles. The molecule has 0 saturated carbocycles. The number of rotatable bonds is 4. The van der Waals surface area contributed by atoms with Gasteiger partial charge in [0, 0.05) is 18.0 Å². The van der Waals surface area contributed by atoms with E-state index in [1.807, 2.05) is 67.1 Å². The topological polar surface area (TPSA) is 60.7 Å². The minimum absolute atomic E-state index is 0.0609. The molecule has 4 aromatic rings. The number of benzene rings is 2. The van der Waals surface area contributed by atoms with E-state index >= 15 is 0 Å². The van der Waals surface area contributed by atoms with Gasteiger partial charge in [0.05, 0.1) is 11.3 Å². The second-order valence-electron chi connectivity index (χ2n) is 5.92. The van der Waals surface area contributed by atoms with E-state index in [1.165, 1.54) is 11.8 Å². The van der Waals surface area contributed by atoms with E-state index in [-0.39, 0.29) is 5.78 Å². The number of aryl methyl sites for hydroxylation is 2. The molecule has 6 heteroatoms. The summed E-state index contributed by atoms with van der Waals surface area (Å²) >= 11 is 1.31. The molecule has 0 amide bonds. The summed E-state index contributed by atoms with van der Waals surface area (Å²) < 4.78 is 2.01. The number of aromatic nitrogens is 4. The smallest absolute Gasteiger partial charge is 0.211 e. The van der Waals surface area contributed by atoms with Gasteiger partial charge in [0.1, 0.15) is 5.52 Å². The molecular formula is C19H16N4OS. The van der Waals surface area contributed by atoms with Gasteiger partial charge in [-0.2, -0.15) is 0 Å². The summed E-state index contributed by atoms with van der Waals surface area (Å²) in [5, 5.41) is 10.1. The summed E-state index contributed by atoms with van der Waals surface area (Å²) in [5.74, 6) is 0.353. The van der Waals surface area contributed by atoms with Crippen molar-refractivity contribution in [3.63, 3.8) is 0 Å². The quantitative estimate of drug-likeness (QED) is 0.415. The predicted octanol–water partition coefficient (Wildman–Crippen LogP) is 3.80. The molecular weight excluding hydrogens is 332 g/mol. The van der Waals surface area contributed by atoms with Crippen LogP contribution in [0.1, 0.15) is 15.9 Å². The summed E-state index contributed by atoms with van der Waals surface area (Å²) in [5.41, 5.74) is 4.47. The molecule has 2 aromatic heterocycles. The molecule has 0 N–H and O–H groups in total. The number of hydrogen-bond acceptors (Lipinski definition) is 5. The van der Waals surface area contributed by atoms with Gasteiger partial charge in [-0.15, -0.1) is 10.2 Å². The van der Waals surface area contributed by atoms with Gasteiger partial charge in [0.15, 0.2) is 11.4 Å². The van der Waals surface area contributed by atoms with Gasteiger partial charge in [-0.25, -0.2) is 4.98 Å². The Morgan fingerprint density at radius 2 is 1.84 bits per heavy atom. The van der Waals surface area contributed by atoms with Crippen LogP contribution in [0.15, 0.2) is 53.7 Å². The Hall–Kier alpha value is -2.73. The molecule has 124 valence electrons. The molecule has 0 aliphatic carbocycles. The Labute approximate surface area is 149 Å². The summed E-state index contributed by atoms with van der Waals surface area (Å²) in [4.78, 5) is 16.9. The van der Waals surface area contributed by atoms with Crippen LogP contribution in [0.3, 0.4) is 0 Å². The van der Waals surface area contributed by atoms with Crippen LogP contribution in [0.2, 0.25) is 0 Å². The SMILES string of the molecule is Cc1ccc(C(=O)CSc2nnc3c4ccccc4n(C)c3n2)cc1. The molecule has 0 radical (unpaired) electrons. The first-order valence-corrected chi connectivity index (χ1v) is 8.92. The van der Waals surface area contributed by atoms with Crippen molar-refractivity contribution in [2.75, 3.05) is 5.75 Å². The van der Waals surface area contributed by atoms with E-state index in [9.17, 15) is 4.79 Å². The van der Waals surface area contributed by atoms with E-state index in [2.05, 4.69) is 15.2 Å². The third kappa shape index (κ3) is 2.89. The van der Waals surface area contributed by atoms with Crippen LogP contribution in [0.4, 0.5) is 0 Å². The Kier molecular flexibility index (Phi) is 3.97. The molecule has 0 aliphatic heterocycles. The fourth-order valence-corrected chi connectivity index (χ4v) is 3.48. The Morgan fingerprint density at radius 1 is 1.08 bits per heavy atom. The van der Waals surface area contributed by atoms with Crippen LogP contribution >= 0.6 is 11.8 Å². The lowest BCUT2D eigenvalue weighted by atomic mass is 10.1. The van der Waals surface area contributed by atoms with Crippen LogP contribution in [-0.2, 0) is 7.05 Å². The highest BCUT2D eigenvalue weighted by Gasteiger charge is 2.13. The summed E-state index contributed by atoms with van der Waals surface area (Å²) in [6.45, 7) is 2.00. The predicted molar refractivity (Wildman–Crippen MR) is 100 cm³/mol. The zero-order valence-electron chi connectivity index (χ0n) is 13.9. The molecule has 2 heterocycles. The lowest BCUT2D eigenvalue weighted by Gasteiger charge is -2.02. The third-order valence-corrected chi connectivity index (χ3v) is 5.03. The average Bonchev–Trinajstić information content (AvgIpc) is 2.93. The number of Topliss-reactive ketones (excluding diaryl/α,β-unsaturated/α-hetero) is 1. The fraction of sp³-hybridized carbons (Fsp3) is 0.158. The third-order valence-electron chi connectivity index (χ3n) is 4.19. The zero-order chi connectivity index (χ0) is 17.4. The average molecular weight is 348 g/mol. The van der Waals surface area contributed by atoms with Crippen LogP contribution in [0.5, 0.6) is 0 Å². The molecule has 0 saturated heterocycles. The first kappa shape index (κ1) is 15.8. The lowest BCUT2D eigenvalue weighted by Crippen LogP contribution is -2.04. The molecule has 0 atom stereocenters. The van der Waals surface area contributed by atoms with Gasteiger partial charge in [-0.05, 0) is 13.0 Å². The number of ketones is 1. The van der Waals surface area contributed by atoms with Crippen molar-refractivity contribution < 1.29 is 4.79 Å². The van der Waals surface area contributed by atoms with Crippen LogP contribution in [0, 0.1) is 6.92 Å². The number of nitrogens with zero attached hydrogens (tertiary/aromatic N) is 4. The van der Waals surface area contributed by atoms with E-state index in [1.54, 1.807) is 0 Å². The highest BCUT2D eigenvalue weighted by molar-refractivity contribution is 7.99. The van der Waals surface area contributed by atoms with E-state index in [0.717, 1.165) is 27.6 Å². The largest absolute Gasteiger partial charge is 0.327 e. The summed E-state index contributed by atoms with van der Waals surface area (Å²) in [6.07, 6.45) is 0. The maximum Gasteiger partial charge on any atom is 0.211 e. The fourth-order valence-electron chi connectivity index (χ4n) is 2.81. The standard InChI is InChI=1S/C19H16N4OS/c1-12-7-9-13(10-8-12)16(24)11-25-19-20-18-17(21-22-19)14-5-3-4-6-15(14)23(18)2/h3-10H,11H2,1-2H3. The van der Waals surface area contributed by atoms with Gasteiger partial charge in [-0.1, -0.05) is 59.8 Å². The highest BCUT2D eigenvalue weighted by Crippen LogP contribution is 2.26. The van der Waals surface area contributed by atoms with Crippen LogP contribution in [0.25, 0.3) is 22.1 Å². The van der Waals surface area contributed by atoms with Crippen molar-refractivity contribution >= 4 is 39.6 Å². The van der Waals surface area contributed by atoms with Gasteiger partial charge in [-0.3, -0.25) is 4.79 Å². The number of hydrogen-bond donors (Lipinski definition) is 0. The molecule has 25 heavy (non-hydrogen) atoms. The monoisotopic (exact) mass is 348 g/mol.